The summed E-state index contributed by atoms with van der Waals surface area (Å²) < 4.78 is 40.8. The smallest absolute Gasteiger partial charge is 0.326 e. The number of nitrogens with zero attached hydrogens (tertiary/aromatic N) is 2. The van der Waals surface area contributed by atoms with Crippen LogP contribution < -0.4 is 14.3 Å². The van der Waals surface area contributed by atoms with Gasteiger partial charge in [-0.25, -0.2) is 18.4 Å². The van der Waals surface area contributed by atoms with Gasteiger partial charge in [-0.1, -0.05) is 13.8 Å². The SMILES string of the molecule is Cc1cc(-c2cc(O)c(N3CC(=O)NS3(=O)=O)c(F)c2)cnc1NCCC(C)C. The van der Waals surface area contributed by atoms with E-state index >= 15 is 0 Å². The summed E-state index contributed by atoms with van der Waals surface area (Å²) in [7, 11) is -4.23. The summed E-state index contributed by atoms with van der Waals surface area (Å²) >= 11 is 0. The molecule has 3 rings (SSSR count). The van der Waals surface area contributed by atoms with Crippen LogP contribution in [-0.2, 0) is 15.0 Å². The monoisotopic (exact) mass is 422 g/mol. The number of aromatic nitrogens is 1. The minimum absolute atomic E-state index is 0.337. The van der Waals surface area contributed by atoms with E-state index in [0.717, 1.165) is 30.4 Å². The van der Waals surface area contributed by atoms with Crippen molar-refractivity contribution in [2.45, 2.75) is 27.2 Å². The van der Waals surface area contributed by atoms with Gasteiger partial charge in [-0.2, -0.15) is 8.42 Å². The van der Waals surface area contributed by atoms with Gasteiger partial charge in [-0.15, -0.1) is 0 Å². The Morgan fingerprint density at radius 3 is 2.59 bits per heavy atom. The molecule has 1 fully saturated rings. The number of amides is 1. The van der Waals surface area contributed by atoms with Gasteiger partial charge in [-0.05, 0) is 48.6 Å². The van der Waals surface area contributed by atoms with Crippen LogP contribution in [0.15, 0.2) is 24.4 Å². The zero-order valence-corrected chi connectivity index (χ0v) is 17.2. The molecule has 1 aliphatic rings. The number of nitrogens with one attached hydrogen (secondary N) is 2. The number of benzene rings is 1. The van der Waals surface area contributed by atoms with E-state index in [9.17, 15) is 22.7 Å². The van der Waals surface area contributed by atoms with Crippen LogP contribution in [-0.4, -0.2) is 37.5 Å². The predicted octanol–water partition coefficient (Wildman–Crippen LogP) is 2.54. The normalized spacial score (nSPS) is 15.6. The lowest BCUT2D eigenvalue weighted by Gasteiger charge is -2.18. The second kappa shape index (κ2) is 7.86. The molecule has 0 saturated carbocycles. The highest BCUT2D eigenvalue weighted by atomic mass is 32.2. The number of phenolic OH excluding ortho intramolecular Hbond substituents is 1. The Labute approximate surface area is 168 Å². The first-order valence-electron chi connectivity index (χ1n) is 9.15. The van der Waals surface area contributed by atoms with E-state index in [4.69, 9.17) is 0 Å². The van der Waals surface area contributed by atoms with Gasteiger partial charge in [-0.3, -0.25) is 4.79 Å². The van der Waals surface area contributed by atoms with Crippen LogP contribution in [0, 0.1) is 18.7 Å². The summed E-state index contributed by atoms with van der Waals surface area (Å²) in [6.07, 6.45) is 2.55. The maximum absolute atomic E-state index is 14.7. The highest BCUT2D eigenvalue weighted by molar-refractivity contribution is 7.92. The summed E-state index contributed by atoms with van der Waals surface area (Å²) in [6.45, 7) is 6.33. The van der Waals surface area contributed by atoms with Crippen molar-refractivity contribution < 1.29 is 22.7 Å². The second-order valence-electron chi connectivity index (χ2n) is 7.36. The zero-order valence-electron chi connectivity index (χ0n) is 16.4. The van der Waals surface area contributed by atoms with Crippen molar-refractivity contribution in [1.82, 2.24) is 9.71 Å². The van der Waals surface area contributed by atoms with E-state index in [1.165, 1.54) is 6.07 Å². The molecule has 0 spiro atoms. The fourth-order valence-electron chi connectivity index (χ4n) is 3.04. The van der Waals surface area contributed by atoms with Crippen molar-refractivity contribution >= 4 is 27.6 Å². The molecule has 0 radical (unpaired) electrons. The highest BCUT2D eigenvalue weighted by Gasteiger charge is 2.37. The Bertz CT molecular complexity index is 1030. The van der Waals surface area contributed by atoms with E-state index < -0.39 is 39.9 Å². The quantitative estimate of drug-likeness (QED) is 0.660. The van der Waals surface area contributed by atoms with Crippen LogP contribution in [0.3, 0.4) is 0 Å². The average molecular weight is 422 g/mol. The fourth-order valence-corrected chi connectivity index (χ4v) is 4.21. The maximum Gasteiger partial charge on any atom is 0.326 e. The molecule has 1 aromatic heterocycles. The second-order valence-corrected chi connectivity index (χ2v) is 8.96. The molecule has 156 valence electrons. The number of aromatic hydroxyl groups is 1. The van der Waals surface area contributed by atoms with Crippen LogP contribution >= 0.6 is 0 Å². The summed E-state index contributed by atoms with van der Waals surface area (Å²) in [5.74, 6) is -1.05. The van der Waals surface area contributed by atoms with E-state index in [0.29, 0.717) is 21.4 Å². The lowest BCUT2D eigenvalue weighted by molar-refractivity contribution is -0.117. The van der Waals surface area contributed by atoms with Crippen LogP contribution in [0.2, 0.25) is 0 Å². The molecule has 0 aliphatic carbocycles. The molecule has 2 heterocycles. The number of pyridine rings is 1. The first kappa shape index (κ1) is 20.8. The standard InChI is InChI=1S/C19H23FN4O4S/c1-11(2)4-5-21-19-12(3)6-14(9-22-19)13-7-15(20)18(16(25)8-13)24-10-17(26)23-29(24,27)28/h6-9,11,25H,4-5,10H2,1-3H3,(H,21,22)(H,23,26). The Kier molecular flexibility index (Phi) is 5.65. The zero-order chi connectivity index (χ0) is 21.3. The van der Waals surface area contributed by atoms with Crippen molar-refractivity contribution in [1.29, 1.82) is 0 Å². The molecule has 1 saturated heterocycles. The molecule has 3 N–H and O–H groups in total. The average Bonchev–Trinajstić information content (AvgIpc) is 2.87. The molecule has 0 unspecified atom stereocenters. The van der Waals surface area contributed by atoms with Crippen molar-refractivity contribution in [3.8, 4) is 16.9 Å². The summed E-state index contributed by atoms with van der Waals surface area (Å²) in [5, 5.41) is 13.5. The Hall–Kier alpha value is -2.88. The van der Waals surface area contributed by atoms with Crippen molar-refractivity contribution in [2.75, 3.05) is 22.7 Å². The highest BCUT2D eigenvalue weighted by Crippen LogP contribution is 2.37. The number of carbonyl (C=O) groups is 1. The molecular formula is C19H23FN4O4S. The predicted molar refractivity (Wildman–Crippen MR) is 108 cm³/mol. The maximum atomic E-state index is 14.7. The topological polar surface area (TPSA) is 112 Å². The lowest BCUT2D eigenvalue weighted by Crippen LogP contribution is -2.30. The molecule has 1 aliphatic heterocycles. The Balaban J connectivity index is 1.89. The van der Waals surface area contributed by atoms with Crippen LogP contribution in [0.5, 0.6) is 5.75 Å². The van der Waals surface area contributed by atoms with Crippen LogP contribution in [0.1, 0.15) is 25.8 Å². The van der Waals surface area contributed by atoms with Gasteiger partial charge in [0.1, 0.15) is 23.8 Å². The molecule has 1 amide bonds. The van der Waals surface area contributed by atoms with E-state index in [-0.39, 0.29) is 0 Å². The Morgan fingerprint density at radius 1 is 1.31 bits per heavy atom. The number of phenols is 1. The van der Waals surface area contributed by atoms with E-state index in [2.05, 4.69) is 24.1 Å². The minimum Gasteiger partial charge on any atom is -0.506 e. The van der Waals surface area contributed by atoms with Gasteiger partial charge in [0, 0.05) is 18.3 Å². The number of anilines is 2. The van der Waals surface area contributed by atoms with Crippen LogP contribution in [0.25, 0.3) is 11.1 Å². The molecule has 10 heteroatoms. The molecular weight excluding hydrogens is 399 g/mol. The van der Waals surface area contributed by atoms with E-state index in [1.54, 1.807) is 17.0 Å². The molecule has 8 nitrogen and oxygen atoms in total. The third-order valence-corrected chi connectivity index (χ3v) is 5.92. The van der Waals surface area contributed by atoms with Gasteiger partial charge in [0.15, 0.2) is 5.82 Å². The van der Waals surface area contributed by atoms with E-state index in [1.807, 2.05) is 6.92 Å². The minimum atomic E-state index is -4.23. The summed E-state index contributed by atoms with van der Waals surface area (Å²) in [5.41, 5.74) is 1.19. The van der Waals surface area contributed by atoms with Gasteiger partial charge >= 0.3 is 10.2 Å². The van der Waals surface area contributed by atoms with Crippen molar-refractivity contribution in [3.63, 3.8) is 0 Å². The van der Waals surface area contributed by atoms with Crippen molar-refractivity contribution in [3.05, 3.63) is 35.8 Å². The first-order valence-corrected chi connectivity index (χ1v) is 10.6. The van der Waals surface area contributed by atoms with Gasteiger partial charge in [0.05, 0.1) is 0 Å². The Morgan fingerprint density at radius 2 is 2.03 bits per heavy atom. The lowest BCUT2D eigenvalue weighted by atomic mass is 10.0. The number of hydrogen-bond donors (Lipinski definition) is 3. The molecule has 0 atom stereocenters. The number of halogens is 1. The summed E-state index contributed by atoms with van der Waals surface area (Å²) in [6, 6.07) is 4.16. The summed E-state index contributed by atoms with van der Waals surface area (Å²) in [4.78, 5) is 15.8. The molecule has 2 aromatic rings. The first-order chi connectivity index (χ1) is 13.6. The number of aryl methyl sites for hydroxylation is 1. The molecule has 29 heavy (non-hydrogen) atoms. The van der Waals surface area contributed by atoms with Crippen molar-refractivity contribution in [2.24, 2.45) is 5.92 Å². The third kappa shape index (κ3) is 4.42. The largest absolute Gasteiger partial charge is 0.506 e. The fraction of sp³-hybridized carbons (Fsp3) is 0.368. The third-order valence-electron chi connectivity index (χ3n) is 4.54. The number of hydrogen-bond acceptors (Lipinski definition) is 6. The molecule has 1 aromatic carbocycles. The number of rotatable bonds is 6. The van der Waals surface area contributed by atoms with Gasteiger partial charge in [0.25, 0.3) is 5.91 Å². The van der Waals surface area contributed by atoms with Gasteiger partial charge < -0.3 is 10.4 Å². The number of carbonyl (C=O) groups excluding carboxylic acids is 1. The molecule has 0 bridgehead atoms. The van der Waals surface area contributed by atoms with Crippen LogP contribution in [0.4, 0.5) is 15.9 Å². The van der Waals surface area contributed by atoms with Gasteiger partial charge in [0.2, 0.25) is 0 Å².